The molecule has 5 heteroatoms. The summed E-state index contributed by atoms with van der Waals surface area (Å²) in [4.78, 5) is 4.34. The van der Waals surface area contributed by atoms with Crippen LogP contribution in [0.25, 0.3) is 0 Å². The molecule has 0 spiro atoms. The second-order valence-electron chi connectivity index (χ2n) is 4.89. The lowest BCUT2D eigenvalue weighted by molar-refractivity contribution is -0.0106. The highest BCUT2D eigenvalue weighted by atomic mass is 16.5. The average Bonchev–Trinajstić information content (AvgIpc) is 3.12. The van der Waals surface area contributed by atoms with E-state index >= 15 is 0 Å². The van der Waals surface area contributed by atoms with Gasteiger partial charge >= 0.3 is 0 Å². The van der Waals surface area contributed by atoms with Crippen LogP contribution in [0.2, 0.25) is 0 Å². The Morgan fingerprint density at radius 2 is 2.12 bits per heavy atom. The second-order valence-corrected chi connectivity index (χ2v) is 4.89. The number of rotatable bonds is 4. The molecule has 1 aliphatic heterocycles. The SMILES string of the molecule is NC(=NCC1(CO)CCOCC1)NC1CC1. The van der Waals surface area contributed by atoms with E-state index in [2.05, 4.69) is 10.3 Å². The molecule has 16 heavy (non-hydrogen) atoms. The van der Waals surface area contributed by atoms with E-state index in [0.29, 0.717) is 31.8 Å². The van der Waals surface area contributed by atoms with Crippen molar-refractivity contribution < 1.29 is 9.84 Å². The Hall–Kier alpha value is -0.810. The van der Waals surface area contributed by atoms with Gasteiger partial charge in [-0.25, -0.2) is 0 Å². The van der Waals surface area contributed by atoms with Crippen molar-refractivity contribution in [2.75, 3.05) is 26.4 Å². The van der Waals surface area contributed by atoms with Crippen LogP contribution >= 0.6 is 0 Å². The highest BCUT2D eigenvalue weighted by molar-refractivity contribution is 5.78. The van der Waals surface area contributed by atoms with Crippen molar-refractivity contribution in [3.63, 3.8) is 0 Å². The van der Waals surface area contributed by atoms with Gasteiger partial charge in [0.25, 0.3) is 0 Å². The van der Waals surface area contributed by atoms with E-state index in [1.54, 1.807) is 0 Å². The molecule has 5 nitrogen and oxygen atoms in total. The predicted octanol–water partition coefficient (Wildman–Crippen LogP) is -0.158. The quantitative estimate of drug-likeness (QED) is 0.460. The first kappa shape index (κ1) is 11.7. The van der Waals surface area contributed by atoms with Gasteiger partial charge in [0.1, 0.15) is 0 Å². The molecule has 4 N–H and O–H groups in total. The van der Waals surface area contributed by atoms with Crippen molar-refractivity contribution in [3.8, 4) is 0 Å². The molecule has 2 rings (SSSR count). The second kappa shape index (κ2) is 5.01. The largest absolute Gasteiger partial charge is 0.396 e. The number of nitrogens with two attached hydrogens (primary N) is 1. The molecule has 1 saturated heterocycles. The molecule has 0 aromatic heterocycles. The average molecular weight is 227 g/mol. The molecule has 2 aliphatic rings. The lowest BCUT2D eigenvalue weighted by Gasteiger charge is -2.34. The molecule has 1 aliphatic carbocycles. The third-order valence-electron chi connectivity index (χ3n) is 3.40. The van der Waals surface area contributed by atoms with Crippen molar-refractivity contribution in [3.05, 3.63) is 0 Å². The third-order valence-corrected chi connectivity index (χ3v) is 3.40. The molecule has 0 unspecified atom stereocenters. The van der Waals surface area contributed by atoms with Crippen LogP contribution in [0.3, 0.4) is 0 Å². The lowest BCUT2D eigenvalue weighted by atomic mass is 9.81. The summed E-state index contributed by atoms with van der Waals surface area (Å²) in [6.45, 7) is 2.19. The molecule has 0 aromatic carbocycles. The van der Waals surface area contributed by atoms with Gasteiger partial charge in [0, 0.05) is 24.7 Å². The Labute approximate surface area is 96.1 Å². The van der Waals surface area contributed by atoms with Crippen molar-refractivity contribution in [2.45, 2.75) is 31.7 Å². The van der Waals surface area contributed by atoms with Crippen molar-refractivity contribution in [1.82, 2.24) is 5.32 Å². The molecule has 0 atom stereocenters. The number of nitrogens with zero attached hydrogens (tertiary/aromatic N) is 1. The molecule has 2 fully saturated rings. The summed E-state index contributed by atoms with van der Waals surface area (Å²) in [7, 11) is 0. The van der Waals surface area contributed by atoms with Gasteiger partial charge in [-0.15, -0.1) is 0 Å². The zero-order chi connectivity index (χ0) is 11.4. The van der Waals surface area contributed by atoms with E-state index in [-0.39, 0.29) is 12.0 Å². The Morgan fingerprint density at radius 3 is 2.69 bits per heavy atom. The minimum absolute atomic E-state index is 0.117. The predicted molar refractivity (Wildman–Crippen MR) is 62.2 cm³/mol. The summed E-state index contributed by atoms with van der Waals surface area (Å²) < 4.78 is 5.30. The topological polar surface area (TPSA) is 79.9 Å². The molecular formula is C11H21N3O2. The first-order valence-corrected chi connectivity index (χ1v) is 5.99. The highest BCUT2D eigenvalue weighted by Crippen LogP contribution is 2.30. The van der Waals surface area contributed by atoms with Gasteiger partial charge in [-0.05, 0) is 25.7 Å². The fourth-order valence-corrected chi connectivity index (χ4v) is 1.91. The third kappa shape index (κ3) is 3.09. The monoisotopic (exact) mass is 227 g/mol. The smallest absolute Gasteiger partial charge is 0.188 e. The van der Waals surface area contributed by atoms with Gasteiger partial charge in [0.15, 0.2) is 5.96 Å². The van der Waals surface area contributed by atoms with E-state index in [9.17, 15) is 5.11 Å². The molecule has 0 radical (unpaired) electrons. The van der Waals surface area contributed by atoms with Crippen molar-refractivity contribution >= 4 is 5.96 Å². The number of hydrogen-bond donors (Lipinski definition) is 3. The molecule has 0 amide bonds. The van der Waals surface area contributed by atoms with Crippen LogP contribution in [0, 0.1) is 5.41 Å². The van der Waals surface area contributed by atoms with Gasteiger partial charge in [-0.1, -0.05) is 0 Å². The molecule has 1 saturated carbocycles. The van der Waals surface area contributed by atoms with Crippen LogP contribution in [0.4, 0.5) is 0 Å². The Kier molecular flexibility index (Phi) is 3.66. The fourth-order valence-electron chi connectivity index (χ4n) is 1.91. The summed E-state index contributed by atoms with van der Waals surface area (Å²) in [5.74, 6) is 0.516. The zero-order valence-corrected chi connectivity index (χ0v) is 9.61. The van der Waals surface area contributed by atoms with E-state index < -0.39 is 0 Å². The van der Waals surface area contributed by atoms with Gasteiger partial charge in [0.05, 0.1) is 13.2 Å². The first-order valence-electron chi connectivity index (χ1n) is 5.99. The summed E-state index contributed by atoms with van der Waals surface area (Å²) in [5, 5.41) is 12.6. The lowest BCUT2D eigenvalue weighted by Crippen LogP contribution is -2.39. The Bertz CT molecular complexity index is 258. The maximum Gasteiger partial charge on any atom is 0.188 e. The minimum Gasteiger partial charge on any atom is -0.396 e. The standard InChI is InChI=1S/C11H21N3O2/c12-10(14-9-1-2-9)13-7-11(8-15)3-5-16-6-4-11/h9,15H,1-8H2,(H3,12,13,14). The molecule has 92 valence electrons. The minimum atomic E-state index is -0.117. The maximum atomic E-state index is 9.46. The van der Waals surface area contributed by atoms with Crippen LogP contribution in [-0.4, -0.2) is 43.5 Å². The number of aliphatic imine (C=N–C) groups is 1. The maximum absolute atomic E-state index is 9.46. The number of nitrogens with one attached hydrogen (secondary N) is 1. The van der Waals surface area contributed by atoms with Gasteiger partial charge < -0.3 is 20.9 Å². The summed E-state index contributed by atoms with van der Waals surface area (Å²) in [5.41, 5.74) is 5.65. The van der Waals surface area contributed by atoms with Crippen molar-refractivity contribution in [1.29, 1.82) is 0 Å². The highest BCUT2D eigenvalue weighted by Gasteiger charge is 2.32. The summed E-state index contributed by atoms with van der Waals surface area (Å²) in [6.07, 6.45) is 4.11. The van der Waals surface area contributed by atoms with Crippen LogP contribution < -0.4 is 11.1 Å². The van der Waals surface area contributed by atoms with E-state index in [0.717, 1.165) is 12.8 Å². The van der Waals surface area contributed by atoms with Crippen LogP contribution in [-0.2, 0) is 4.74 Å². The normalized spacial score (nSPS) is 25.4. The number of ether oxygens (including phenoxy) is 1. The number of aliphatic hydroxyl groups is 1. The van der Waals surface area contributed by atoms with Gasteiger partial charge in [-0.3, -0.25) is 4.99 Å². The van der Waals surface area contributed by atoms with Gasteiger partial charge in [0.2, 0.25) is 0 Å². The Morgan fingerprint density at radius 1 is 1.44 bits per heavy atom. The van der Waals surface area contributed by atoms with E-state index in [1.165, 1.54) is 12.8 Å². The summed E-state index contributed by atoms with van der Waals surface area (Å²) in [6, 6.07) is 0.531. The molecule has 0 aromatic rings. The van der Waals surface area contributed by atoms with E-state index in [4.69, 9.17) is 10.5 Å². The number of aliphatic hydroxyl groups excluding tert-OH is 1. The van der Waals surface area contributed by atoms with Crippen LogP contribution in [0.5, 0.6) is 0 Å². The number of hydrogen-bond acceptors (Lipinski definition) is 3. The fraction of sp³-hybridized carbons (Fsp3) is 0.909. The van der Waals surface area contributed by atoms with E-state index in [1.807, 2.05) is 0 Å². The van der Waals surface area contributed by atoms with Crippen molar-refractivity contribution in [2.24, 2.45) is 16.1 Å². The number of guanidine groups is 1. The Balaban J connectivity index is 1.84. The van der Waals surface area contributed by atoms with Crippen LogP contribution in [0.15, 0.2) is 4.99 Å². The zero-order valence-electron chi connectivity index (χ0n) is 9.61. The molecule has 1 heterocycles. The van der Waals surface area contributed by atoms with Crippen LogP contribution in [0.1, 0.15) is 25.7 Å². The molecular weight excluding hydrogens is 206 g/mol. The summed E-state index contributed by atoms with van der Waals surface area (Å²) >= 11 is 0. The first-order chi connectivity index (χ1) is 7.74. The van der Waals surface area contributed by atoms with Gasteiger partial charge in [-0.2, -0.15) is 0 Å². The molecule has 0 bridgehead atoms.